The number of hydrogen-bond acceptors (Lipinski definition) is 11. The number of carbonyl (C=O) groups is 6. The zero-order valence-corrected chi connectivity index (χ0v) is 29.2. The number of hydrogen-bond donors (Lipinski definition) is 2. The van der Waals surface area contributed by atoms with E-state index in [0.717, 1.165) is 19.6 Å². The smallest absolute Gasteiger partial charge is 0.343 e. The van der Waals surface area contributed by atoms with E-state index < -0.39 is 35.6 Å². The molecule has 2 heterocycles. The second-order valence-corrected chi connectivity index (χ2v) is 13.6. The first-order chi connectivity index (χ1) is 26.5. The Labute approximate surface area is 316 Å². The van der Waals surface area contributed by atoms with Gasteiger partial charge in [0.25, 0.3) is 23.6 Å². The lowest BCUT2D eigenvalue weighted by atomic mass is 10.1. The van der Waals surface area contributed by atoms with Crippen molar-refractivity contribution in [1.82, 2.24) is 0 Å². The van der Waals surface area contributed by atoms with Crippen LogP contribution in [0.5, 0.6) is 11.5 Å². The number of esters is 2. The van der Waals surface area contributed by atoms with E-state index in [1.54, 1.807) is 97.1 Å². The molecule has 0 atom stereocenters. The Morgan fingerprint density at radius 2 is 0.782 bits per heavy atom. The fourth-order valence-electron chi connectivity index (χ4n) is 6.07. The number of amides is 4. The van der Waals surface area contributed by atoms with Gasteiger partial charge >= 0.3 is 11.9 Å². The highest BCUT2D eigenvalue weighted by Crippen LogP contribution is 2.35. The van der Waals surface area contributed by atoms with Gasteiger partial charge in [-0.05, 0) is 133 Å². The van der Waals surface area contributed by atoms with E-state index in [0.29, 0.717) is 22.7 Å². The fraction of sp³-hybridized carbons (Fsp3) is 0. The fourth-order valence-corrected chi connectivity index (χ4v) is 6.89. The number of nitrogens with zero attached hydrogens (tertiary/aromatic N) is 2. The van der Waals surface area contributed by atoms with Crippen LogP contribution in [-0.2, 0) is 0 Å². The third-order valence-corrected chi connectivity index (χ3v) is 9.87. The number of anilines is 4. The van der Waals surface area contributed by atoms with E-state index in [2.05, 4.69) is 0 Å². The van der Waals surface area contributed by atoms with Crippen LogP contribution in [0.25, 0.3) is 0 Å². The van der Waals surface area contributed by atoms with Gasteiger partial charge in [-0.2, -0.15) is 0 Å². The van der Waals surface area contributed by atoms with Crippen LogP contribution in [0.1, 0.15) is 62.1 Å². The molecule has 13 heteroatoms. The summed E-state index contributed by atoms with van der Waals surface area (Å²) < 4.78 is 10.8. The Balaban J connectivity index is 0.918. The van der Waals surface area contributed by atoms with Crippen molar-refractivity contribution in [3.8, 4) is 11.5 Å². The van der Waals surface area contributed by atoms with Gasteiger partial charge in [-0.1, -0.05) is 11.8 Å². The highest BCUT2D eigenvalue weighted by Gasteiger charge is 2.38. The molecule has 0 spiro atoms. The first kappa shape index (κ1) is 34.6. The second kappa shape index (κ2) is 13.8. The molecule has 4 N–H and O–H groups in total. The largest absolute Gasteiger partial charge is 0.423 e. The molecule has 0 fully saturated rings. The molecule has 2 aliphatic rings. The Morgan fingerprint density at radius 3 is 1.15 bits per heavy atom. The van der Waals surface area contributed by atoms with Gasteiger partial charge in [0, 0.05) is 21.2 Å². The standard InChI is InChI=1S/C42H26N4O8S/c43-25-3-11-29(12-4-25)53-41(51)23-1-19-33-35(21-23)39(49)45(37(33)47)27-7-15-31(16-8-27)55-32-17-9-28(10-18-32)46-38(48)34-20-2-24(22-36(34)40(46)50)42(52)54-30-13-5-26(44)6-14-30/h1-22H,43-44H2. The molecule has 12 nitrogen and oxygen atoms in total. The van der Waals surface area contributed by atoms with Crippen LogP contribution < -0.4 is 30.7 Å². The Kier molecular flexibility index (Phi) is 8.67. The molecule has 0 aliphatic carbocycles. The minimum atomic E-state index is -0.687. The number of carbonyl (C=O) groups excluding carboxylic acids is 6. The maximum absolute atomic E-state index is 13.4. The SMILES string of the molecule is Nc1ccc(OC(=O)c2ccc3c(c2)C(=O)N(c2ccc(Sc4ccc(N5C(=O)c6ccc(C(=O)Oc7ccc(N)cc7)cc6C5=O)cc4)cc2)C3=O)cc1. The van der Waals surface area contributed by atoms with Gasteiger partial charge in [-0.25, -0.2) is 19.4 Å². The Morgan fingerprint density at radius 1 is 0.436 bits per heavy atom. The molecular weight excluding hydrogens is 721 g/mol. The second-order valence-electron chi connectivity index (χ2n) is 12.4. The summed E-state index contributed by atoms with van der Waals surface area (Å²) in [6.07, 6.45) is 0. The normalized spacial score (nSPS) is 13.2. The van der Waals surface area contributed by atoms with Crippen molar-refractivity contribution in [3.63, 3.8) is 0 Å². The zero-order valence-electron chi connectivity index (χ0n) is 28.4. The molecule has 0 saturated heterocycles. The van der Waals surface area contributed by atoms with Crippen molar-refractivity contribution in [2.24, 2.45) is 0 Å². The third-order valence-electron chi connectivity index (χ3n) is 8.85. The average Bonchev–Trinajstić information content (AvgIpc) is 3.60. The molecule has 0 unspecified atom stereocenters. The number of benzene rings is 6. The summed E-state index contributed by atoms with van der Waals surface area (Å²) in [5.41, 5.74) is 13.8. The summed E-state index contributed by atoms with van der Waals surface area (Å²) in [6, 6.07) is 34.6. The lowest BCUT2D eigenvalue weighted by Crippen LogP contribution is -2.29. The number of rotatable bonds is 8. The summed E-state index contributed by atoms with van der Waals surface area (Å²) in [4.78, 5) is 82.5. The predicted molar refractivity (Wildman–Crippen MR) is 204 cm³/mol. The molecule has 6 aromatic carbocycles. The van der Waals surface area contributed by atoms with E-state index in [1.165, 1.54) is 48.2 Å². The van der Waals surface area contributed by atoms with Gasteiger partial charge in [0.05, 0.1) is 44.8 Å². The molecule has 0 saturated carbocycles. The maximum Gasteiger partial charge on any atom is 0.343 e. The van der Waals surface area contributed by atoms with Crippen LogP contribution in [0.15, 0.2) is 143 Å². The van der Waals surface area contributed by atoms with E-state index in [9.17, 15) is 28.8 Å². The van der Waals surface area contributed by atoms with Crippen LogP contribution in [0, 0.1) is 0 Å². The zero-order chi connectivity index (χ0) is 38.4. The van der Waals surface area contributed by atoms with Crippen molar-refractivity contribution in [2.75, 3.05) is 21.3 Å². The van der Waals surface area contributed by atoms with Gasteiger partial charge in [0.15, 0.2) is 0 Å². The summed E-state index contributed by atoms with van der Waals surface area (Å²) in [5.74, 6) is -2.97. The van der Waals surface area contributed by atoms with Crippen molar-refractivity contribution in [3.05, 3.63) is 167 Å². The van der Waals surface area contributed by atoms with E-state index in [1.807, 2.05) is 0 Å². The Hall–Kier alpha value is -7.51. The molecule has 4 amide bonds. The highest BCUT2D eigenvalue weighted by atomic mass is 32.2. The summed E-state index contributed by atoms with van der Waals surface area (Å²) in [6.45, 7) is 0. The lowest BCUT2D eigenvalue weighted by molar-refractivity contribution is 0.0725. The molecule has 2 aliphatic heterocycles. The molecule has 6 aromatic rings. The lowest BCUT2D eigenvalue weighted by Gasteiger charge is -2.15. The third kappa shape index (κ3) is 6.55. The van der Waals surface area contributed by atoms with Crippen LogP contribution in [-0.4, -0.2) is 35.6 Å². The van der Waals surface area contributed by atoms with Gasteiger partial charge < -0.3 is 20.9 Å². The van der Waals surface area contributed by atoms with E-state index >= 15 is 0 Å². The molecule has 268 valence electrons. The average molecular weight is 747 g/mol. The molecular formula is C42H26N4O8S. The number of nitrogens with two attached hydrogens (primary N) is 2. The molecule has 0 bridgehead atoms. The van der Waals surface area contributed by atoms with Crippen LogP contribution in [0.3, 0.4) is 0 Å². The van der Waals surface area contributed by atoms with Gasteiger partial charge in [-0.15, -0.1) is 0 Å². The van der Waals surface area contributed by atoms with E-state index in [4.69, 9.17) is 20.9 Å². The monoisotopic (exact) mass is 746 g/mol. The van der Waals surface area contributed by atoms with Crippen LogP contribution in [0.2, 0.25) is 0 Å². The minimum absolute atomic E-state index is 0.0886. The highest BCUT2D eigenvalue weighted by molar-refractivity contribution is 7.99. The quantitative estimate of drug-likeness (QED) is 0.0706. The number of ether oxygens (including phenoxy) is 2. The number of fused-ring (bicyclic) bond motifs is 2. The van der Waals surface area contributed by atoms with Gasteiger partial charge in [0.1, 0.15) is 11.5 Å². The number of imide groups is 2. The molecule has 0 aromatic heterocycles. The molecule has 0 radical (unpaired) electrons. The first-order valence-corrected chi connectivity index (χ1v) is 17.4. The minimum Gasteiger partial charge on any atom is -0.423 e. The van der Waals surface area contributed by atoms with E-state index in [-0.39, 0.29) is 44.9 Å². The van der Waals surface area contributed by atoms with Crippen molar-refractivity contribution >= 4 is 70.1 Å². The summed E-state index contributed by atoms with van der Waals surface area (Å²) in [7, 11) is 0. The summed E-state index contributed by atoms with van der Waals surface area (Å²) in [5, 5.41) is 0. The molecule has 8 rings (SSSR count). The van der Waals surface area contributed by atoms with Crippen molar-refractivity contribution in [1.29, 1.82) is 0 Å². The van der Waals surface area contributed by atoms with Crippen LogP contribution in [0.4, 0.5) is 22.7 Å². The Bertz CT molecular complexity index is 2410. The topological polar surface area (TPSA) is 179 Å². The van der Waals surface area contributed by atoms with Gasteiger partial charge in [0.2, 0.25) is 0 Å². The van der Waals surface area contributed by atoms with Crippen molar-refractivity contribution < 1.29 is 38.2 Å². The van der Waals surface area contributed by atoms with Crippen molar-refractivity contribution in [2.45, 2.75) is 9.79 Å². The maximum atomic E-state index is 13.4. The van der Waals surface area contributed by atoms with Gasteiger partial charge in [-0.3, -0.25) is 19.2 Å². The molecule has 55 heavy (non-hydrogen) atoms. The first-order valence-electron chi connectivity index (χ1n) is 16.6. The summed E-state index contributed by atoms with van der Waals surface area (Å²) >= 11 is 1.39. The predicted octanol–water partition coefficient (Wildman–Crippen LogP) is 7.04. The van der Waals surface area contributed by atoms with Crippen LogP contribution >= 0.6 is 11.8 Å². The number of nitrogen functional groups attached to an aromatic ring is 2.